The zero-order valence-corrected chi connectivity index (χ0v) is 26.5. The van der Waals surface area contributed by atoms with Gasteiger partial charge >= 0.3 is 0 Å². The molecule has 232 valence electrons. The average molecular weight is 617 g/mol. The number of pyridine rings is 1. The highest BCUT2D eigenvalue weighted by Crippen LogP contribution is 2.33. The number of fused-ring (bicyclic) bond motifs is 1. The van der Waals surface area contributed by atoms with Gasteiger partial charge in [-0.2, -0.15) is 0 Å². The van der Waals surface area contributed by atoms with E-state index in [1.54, 1.807) is 18.0 Å². The Balaban J connectivity index is 1.12. The third-order valence-electron chi connectivity index (χ3n) is 9.13. The lowest BCUT2D eigenvalue weighted by Gasteiger charge is -2.33. The van der Waals surface area contributed by atoms with Gasteiger partial charge in [0.2, 0.25) is 11.9 Å². The van der Waals surface area contributed by atoms with Crippen molar-refractivity contribution in [1.29, 1.82) is 0 Å². The molecule has 3 aromatic rings. The number of benzene rings is 1. The summed E-state index contributed by atoms with van der Waals surface area (Å²) in [6.07, 6.45) is 7.51. The van der Waals surface area contributed by atoms with E-state index in [9.17, 15) is 9.59 Å². The Hall–Kier alpha value is -3.76. The van der Waals surface area contributed by atoms with E-state index in [1.165, 1.54) is 19.3 Å². The number of nitrogens with one attached hydrogen (secondary N) is 2. The van der Waals surface area contributed by atoms with Crippen LogP contribution in [0, 0.1) is 0 Å². The second-order valence-electron chi connectivity index (χ2n) is 12.3. The van der Waals surface area contributed by atoms with Crippen LogP contribution in [0.2, 0.25) is 5.02 Å². The van der Waals surface area contributed by atoms with Crippen LogP contribution in [0.3, 0.4) is 0 Å². The second-order valence-corrected chi connectivity index (χ2v) is 12.7. The third-order valence-corrected chi connectivity index (χ3v) is 9.41. The molecule has 1 saturated carbocycles. The number of nitrogens with zero attached hydrogens (tertiary/aromatic N) is 6. The minimum Gasteiger partial charge on any atom is -0.354 e. The molecular formula is C33H41ClN8O2. The fourth-order valence-corrected chi connectivity index (χ4v) is 6.49. The molecule has 11 heteroatoms. The quantitative estimate of drug-likeness (QED) is 0.368. The predicted molar refractivity (Wildman–Crippen MR) is 173 cm³/mol. The normalized spacial score (nSPS) is 19.0. The molecule has 44 heavy (non-hydrogen) atoms. The molecule has 2 amide bonds. The fourth-order valence-electron chi connectivity index (χ4n) is 6.29. The molecule has 2 aliphatic heterocycles. The largest absolute Gasteiger partial charge is 0.354 e. The van der Waals surface area contributed by atoms with Crippen molar-refractivity contribution in [2.75, 3.05) is 43.4 Å². The van der Waals surface area contributed by atoms with E-state index in [1.807, 2.05) is 43.3 Å². The van der Waals surface area contributed by atoms with Crippen molar-refractivity contribution in [1.82, 2.24) is 30.1 Å². The first kappa shape index (κ1) is 30.3. The SMILES string of the molecule is C[C@H](C(=O)N[C@H](C)c1cccc(N2CCN(C)CC2)n1)N1Cc2ccc(-c3nc(NC4CCCCC4)ncc3Cl)cc2C1=O. The van der Waals surface area contributed by atoms with Gasteiger partial charge in [0.05, 0.1) is 28.6 Å². The smallest absolute Gasteiger partial charge is 0.255 e. The van der Waals surface area contributed by atoms with E-state index >= 15 is 0 Å². The minimum atomic E-state index is -0.657. The minimum absolute atomic E-state index is 0.182. The number of amides is 2. The van der Waals surface area contributed by atoms with E-state index in [4.69, 9.17) is 21.6 Å². The van der Waals surface area contributed by atoms with Crippen molar-refractivity contribution in [3.05, 3.63) is 64.4 Å². The summed E-state index contributed by atoms with van der Waals surface area (Å²) >= 11 is 6.53. The fraction of sp³-hybridized carbons (Fsp3) is 0.485. The van der Waals surface area contributed by atoms with Crippen LogP contribution < -0.4 is 15.5 Å². The molecule has 1 aromatic carbocycles. The van der Waals surface area contributed by atoms with Gasteiger partial charge in [-0.25, -0.2) is 15.0 Å². The van der Waals surface area contributed by atoms with Crippen LogP contribution in [0.1, 0.15) is 73.6 Å². The van der Waals surface area contributed by atoms with Crippen LogP contribution in [0.15, 0.2) is 42.6 Å². The Kier molecular flexibility index (Phi) is 9.00. The first-order chi connectivity index (χ1) is 21.3. The van der Waals surface area contributed by atoms with E-state index in [0.717, 1.165) is 61.7 Å². The maximum Gasteiger partial charge on any atom is 0.255 e. The summed E-state index contributed by atoms with van der Waals surface area (Å²) in [5.74, 6) is 1.07. The summed E-state index contributed by atoms with van der Waals surface area (Å²) in [6.45, 7) is 7.89. The number of rotatable bonds is 8. The molecule has 2 aromatic heterocycles. The molecule has 6 rings (SSSR count). The molecule has 0 unspecified atom stereocenters. The van der Waals surface area contributed by atoms with Crippen LogP contribution in [-0.4, -0.2) is 81.9 Å². The Bertz CT molecular complexity index is 1520. The highest BCUT2D eigenvalue weighted by atomic mass is 35.5. The van der Waals surface area contributed by atoms with E-state index < -0.39 is 6.04 Å². The molecule has 4 heterocycles. The predicted octanol–water partition coefficient (Wildman–Crippen LogP) is 4.91. The summed E-state index contributed by atoms with van der Waals surface area (Å²) < 4.78 is 0. The standard InChI is InChI=1S/C33H41ClN8O2/c1-21(28-10-7-11-29(38-28)41-16-14-40(3)15-17-41)36-31(43)22(2)42-20-24-13-12-23(18-26(24)32(42)44)30-27(34)19-35-33(39-30)37-25-8-5-4-6-9-25/h7,10-13,18-19,21-22,25H,4-6,8-9,14-17,20H2,1-3H3,(H,36,43)(H,35,37,39)/t21-,22-/m1/s1. The molecule has 2 fully saturated rings. The molecule has 0 spiro atoms. The van der Waals surface area contributed by atoms with E-state index in [0.29, 0.717) is 34.8 Å². The maximum absolute atomic E-state index is 13.6. The Morgan fingerprint density at radius 3 is 2.57 bits per heavy atom. The number of carbonyl (C=O) groups is 2. The number of aromatic nitrogens is 3. The topological polar surface area (TPSA) is 107 Å². The molecular weight excluding hydrogens is 576 g/mol. The van der Waals surface area contributed by atoms with Crippen molar-refractivity contribution in [2.24, 2.45) is 0 Å². The van der Waals surface area contributed by atoms with E-state index in [2.05, 4.69) is 32.5 Å². The molecule has 3 aliphatic rings. The second kappa shape index (κ2) is 13.1. The first-order valence-corrected chi connectivity index (χ1v) is 16.1. The molecule has 1 aliphatic carbocycles. The van der Waals surface area contributed by atoms with Gasteiger partial charge in [-0.05, 0) is 57.5 Å². The monoisotopic (exact) mass is 616 g/mol. The van der Waals surface area contributed by atoms with Gasteiger partial charge in [0, 0.05) is 49.9 Å². The van der Waals surface area contributed by atoms with Crippen LogP contribution in [0.5, 0.6) is 0 Å². The van der Waals surface area contributed by atoms with Gasteiger partial charge in [-0.1, -0.05) is 49.1 Å². The van der Waals surface area contributed by atoms with Gasteiger partial charge in [0.15, 0.2) is 0 Å². The van der Waals surface area contributed by atoms with Crippen LogP contribution >= 0.6 is 11.6 Å². The zero-order valence-electron chi connectivity index (χ0n) is 25.7. The summed E-state index contributed by atoms with van der Waals surface area (Å²) in [4.78, 5) is 47.1. The van der Waals surface area contributed by atoms with Crippen LogP contribution in [-0.2, 0) is 11.3 Å². The number of anilines is 2. The summed E-state index contributed by atoms with van der Waals surface area (Å²) in [5, 5.41) is 6.96. The number of hydrogen-bond acceptors (Lipinski definition) is 8. The number of halogens is 1. The van der Waals surface area contributed by atoms with Gasteiger partial charge in [-0.15, -0.1) is 0 Å². The Morgan fingerprint density at radius 1 is 1.02 bits per heavy atom. The van der Waals surface area contributed by atoms with Crippen LogP contribution in [0.4, 0.5) is 11.8 Å². The van der Waals surface area contributed by atoms with Crippen molar-refractivity contribution in [3.8, 4) is 11.3 Å². The molecule has 2 atom stereocenters. The van der Waals surface area contributed by atoms with Crippen molar-refractivity contribution in [2.45, 2.75) is 70.6 Å². The molecule has 0 bridgehead atoms. The lowest BCUT2D eigenvalue weighted by atomic mass is 9.96. The average Bonchev–Trinajstić information content (AvgIpc) is 3.37. The van der Waals surface area contributed by atoms with Crippen molar-refractivity contribution < 1.29 is 9.59 Å². The number of piperazine rings is 1. The summed E-state index contributed by atoms with van der Waals surface area (Å²) in [5.41, 5.74) is 3.56. The molecule has 0 radical (unpaired) electrons. The molecule has 10 nitrogen and oxygen atoms in total. The maximum atomic E-state index is 13.6. The van der Waals surface area contributed by atoms with Crippen molar-refractivity contribution >= 4 is 35.2 Å². The van der Waals surface area contributed by atoms with Crippen LogP contribution in [0.25, 0.3) is 11.3 Å². The van der Waals surface area contributed by atoms with Gasteiger partial charge in [0.25, 0.3) is 5.91 Å². The Labute approximate surface area is 264 Å². The molecule has 1 saturated heterocycles. The number of likely N-dealkylation sites (N-methyl/N-ethyl adjacent to an activating group) is 1. The summed E-state index contributed by atoms with van der Waals surface area (Å²) in [7, 11) is 2.13. The third kappa shape index (κ3) is 6.51. The lowest BCUT2D eigenvalue weighted by molar-refractivity contribution is -0.125. The first-order valence-electron chi connectivity index (χ1n) is 15.7. The van der Waals surface area contributed by atoms with Crippen molar-refractivity contribution in [3.63, 3.8) is 0 Å². The Morgan fingerprint density at radius 2 is 1.80 bits per heavy atom. The number of carbonyl (C=O) groups excluding carboxylic acids is 2. The summed E-state index contributed by atoms with van der Waals surface area (Å²) in [6, 6.07) is 11.0. The number of hydrogen-bond donors (Lipinski definition) is 2. The van der Waals surface area contributed by atoms with E-state index in [-0.39, 0.29) is 17.9 Å². The van der Waals surface area contributed by atoms with Gasteiger partial charge in [0.1, 0.15) is 11.9 Å². The van der Waals surface area contributed by atoms with Gasteiger partial charge in [-0.3, -0.25) is 9.59 Å². The van der Waals surface area contributed by atoms with Gasteiger partial charge < -0.3 is 25.3 Å². The highest BCUT2D eigenvalue weighted by Gasteiger charge is 2.35. The zero-order chi connectivity index (χ0) is 30.8. The lowest BCUT2D eigenvalue weighted by Crippen LogP contribution is -2.46. The highest BCUT2D eigenvalue weighted by molar-refractivity contribution is 6.33. The molecule has 2 N–H and O–H groups in total.